The highest BCUT2D eigenvalue weighted by Crippen LogP contribution is 2.24. The van der Waals surface area contributed by atoms with E-state index in [0.29, 0.717) is 6.04 Å². The van der Waals surface area contributed by atoms with Crippen molar-refractivity contribution in [2.45, 2.75) is 25.9 Å². The van der Waals surface area contributed by atoms with Crippen molar-refractivity contribution in [3.8, 4) is 0 Å². The van der Waals surface area contributed by atoms with Gasteiger partial charge in [0.25, 0.3) is 0 Å². The van der Waals surface area contributed by atoms with E-state index >= 15 is 0 Å². The van der Waals surface area contributed by atoms with Crippen molar-refractivity contribution in [2.75, 3.05) is 5.75 Å². The Balaban J connectivity index is 1.96. The Labute approximate surface area is 107 Å². The number of nitrogens with one attached hydrogen (secondary N) is 1. The van der Waals surface area contributed by atoms with Crippen molar-refractivity contribution in [2.24, 2.45) is 4.99 Å². The van der Waals surface area contributed by atoms with Gasteiger partial charge in [0.1, 0.15) is 0 Å². The van der Waals surface area contributed by atoms with Gasteiger partial charge >= 0.3 is 0 Å². The minimum Gasteiger partial charge on any atom is -0.362 e. The Bertz CT molecular complexity index is 362. The van der Waals surface area contributed by atoms with Crippen LogP contribution >= 0.6 is 39.0 Å². The third-order valence-corrected chi connectivity index (χ3v) is 5.09. The molecule has 2 rings (SSSR count). The van der Waals surface area contributed by atoms with E-state index in [1.54, 1.807) is 11.3 Å². The van der Waals surface area contributed by atoms with Crippen LogP contribution in [-0.2, 0) is 6.54 Å². The van der Waals surface area contributed by atoms with E-state index in [9.17, 15) is 0 Å². The van der Waals surface area contributed by atoms with Crippen LogP contribution < -0.4 is 5.32 Å². The summed E-state index contributed by atoms with van der Waals surface area (Å²) < 4.78 is 1.17. The van der Waals surface area contributed by atoms with E-state index in [-0.39, 0.29) is 0 Å². The minimum atomic E-state index is 0.566. The highest BCUT2D eigenvalue weighted by atomic mass is 79.9. The third kappa shape index (κ3) is 3.23. The summed E-state index contributed by atoms with van der Waals surface area (Å²) in [5.41, 5.74) is 0. The number of rotatable bonds is 2. The molecule has 1 aromatic heterocycles. The number of thioether (sulfide) groups is 1. The number of hydrogen-bond donors (Lipinski definition) is 1. The lowest BCUT2D eigenvalue weighted by atomic mass is 10.3. The lowest BCUT2D eigenvalue weighted by Crippen LogP contribution is -2.35. The van der Waals surface area contributed by atoms with Crippen LogP contribution in [0.25, 0.3) is 0 Å². The molecule has 0 aromatic carbocycles. The molecular weight excluding hydrogens is 292 g/mol. The average molecular weight is 305 g/mol. The van der Waals surface area contributed by atoms with Gasteiger partial charge < -0.3 is 5.32 Å². The number of amidine groups is 1. The molecular formula is C10H13BrN2S2. The van der Waals surface area contributed by atoms with Crippen molar-refractivity contribution >= 4 is 44.2 Å². The van der Waals surface area contributed by atoms with Crippen LogP contribution in [0.5, 0.6) is 0 Å². The van der Waals surface area contributed by atoms with E-state index in [1.807, 2.05) is 11.8 Å². The summed E-state index contributed by atoms with van der Waals surface area (Å²) in [6.45, 7) is 2.98. The third-order valence-electron chi connectivity index (χ3n) is 2.22. The van der Waals surface area contributed by atoms with E-state index in [4.69, 9.17) is 0 Å². The SMILES string of the molecule is CC1CCSC(=NCc2sccc2Br)N1. The Hall–Kier alpha value is -0.0000000000000000555. The molecule has 1 aromatic rings. The zero-order chi connectivity index (χ0) is 10.7. The Morgan fingerprint density at radius 3 is 3.20 bits per heavy atom. The lowest BCUT2D eigenvalue weighted by Gasteiger charge is -2.21. The molecule has 2 nitrogen and oxygen atoms in total. The first-order valence-electron chi connectivity index (χ1n) is 4.91. The molecule has 1 atom stereocenters. The van der Waals surface area contributed by atoms with Crippen LogP contribution in [-0.4, -0.2) is 17.0 Å². The number of thiophene rings is 1. The summed E-state index contributed by atoms with van der Waals surface area (Å²) in [6, 6.07) is 2.64. The maximum atomic E-state index is 4.59. The van der Waals surface area contributed by atoms with Gasteiger partial charge in [-0.05, 0) is 40.7 Å². The number of nitrogens with zero attached hydrogens (tertiary/aromatic N) is 1. The highest BCUT2D eigenvalue weighted by molar-refractivity contribution is 9.10. The van der Waals surface area contributed by atoms with Crippen LogP contribution in [0.4, 0.5) is 0 Å². The second-order valence-electron chi connectivity index (χ2n) is 3.50. The molecule has 1 unspecified atom stereocenters. The van der Waals surface area contributed by atoms with E-state index in [2.05, 4.69) is 44.6 Å². The molecule has 0 bridgehead atoms. The van der Waals surface area contributed by atoms with Crippen molar-refractivity contribution in [3.05, 3.63) is 20.8 Å². The molecule has 2 heterocycles. The first-order valence-corrected chi connectivity index (χ1v) is 7.57. The summed E-state index contributed by atoms with van der Waals surface area (Å²) in [5, 5.41) is 6.58. The second-order valence-corrected chi connectivity index (χ2v) is 6.43. The maximum Gasteiger partial charge on any atom is 0.157 e. The van der Waals surface area contributed by atoms with Gasteiger partial charge in [-0.3, -0.25) is 4.99 Å². The molecule has 0 spiro atoms. The molecule has 1 N–H and O–H groups in total. The van der Waals surface area contributed by atoms with E-state index in [1.165, 1.54) is 21.5 Å². The molecule has 0 amide bonds. The summed E-state index contributed by atoms with van der Waals surface area (Å²) >= 11 is 7.09. The van der Waals surface area contributed by atoms with Crippen LogP contribution in [0.2, 0.25) is 0 Å². The summed E-state index contributed by atoms with van der Waals surface area (Å²) in [7, 11) is 0. The van der Waals surface area contributed by atoms with Crippen LogP contribution in [0.15, 0.2) is 20.9 Å². The molecule has 0 aliphatic carbocycles. The second kappa shape index (κ2) is 5.37. The van der Waals surface area contributed by atoms with Gasteiger partial charge in [0, 0.05) is 21.1 Å². The van der Waals surface area contributed by atoms with Gasteiger partial charge in [-0.1, -0.05) is 11.8 Å². The fourth-order valence-corrected chi connectivity index (χ4v) is 3.84. The lowest BCUT2D eigenvalue weighted by molar-refractivity contribution is 0.642. The van der Waals surface area contributed by atoms with Crippen molar-refractivity contribution < 1.29 is 0 Å². The molecule has 0 radical (unpaired) electrons. The van der Waals surface area contributed by atoms with Crippen LogP contribution in [0.3, 0.4) is 0 Å². The fourth-order valence-electron chi connectivity index (χ4n) is 1.33. The number of aliphatic imine (C=N–C) groups is 1. The molecule has 0 saturated carbocycles. The topological polar surface area (TPSA) is 24.4 Å². The fraction of sp³-hybridized carbons (Fsp3) is 0.500. The van der Waals surface area contributed by atoms with Gasteiger partial charge in [0.05, 0.1) is 6.54 Å². The first kappa shape index (κ1) is 11.5. The van der Waals surface area contributed by atoms with Crippen molar-refractivity contribution in [3.63, 3.8) is 0 Å². The zero-order valence-electron chi connectivity index (χ0n) is 8.50. The quantitative estimate of drug-likeness (QED) is 0.904. The van der Waals surface area contributed by atoms with Crippen LogP contribution in [0, 0.1) is 0 Å². The van der Waals surface area contributed by atoms with Crippen molar-refractivity contribution in [1.82, 2.24) is 5.32 Å². The van der Waals surface area contributed by atoms with Gasteiger partial charge in [0.2, 0.25) is 0 Å². The highest BCUT2D eigenvalue weighted by Gasteiger charge is 2.12. The average Bonchev–Trinajstić information content (AvgIpc) is 2.61. The monoisotopic (exact) mass is 304 g/mol. The minimum absolute atomic E-state index is 0.566. The zero-order valence-corrected chi connectivity index (χ0v) is 11.7. The molecule has 15 heavy (non-hydrogen) atoms. The predicted molar refractivity (Wildman–Crippen MR) is 72.8 cm³/mol. The number of halogens is 1. The molecule has 1 aliphatic heterocycles. The predicted octanol–water partition coefficient (Wildman–Crippen LogP) is 3.48. The Morgan fingerprint density at radius 2 is 2.53 bits per heavy atom. The molecule has 82 valence electrons. The Kier molecular flexibility index (Phi) is 4.11. The molecule has 1 saturated heterocycles. The molecule has 1 fully saturated rings. The van der Waals surface area contributed by atoms with Crippen LogP contribution in [0.1, 0.15) is 18.2 Å². The van der Waals surface area contributed by atoms with Gasteiger partial charge in [-0.15, -0.1) is 11.3 Å². The maximum absolute atomic E-state index is 4.59. The van der Waals surface area contributed by atoms with Gasteiger partial charge in [-0.2, -0.15) is 0 Å². The summed E-state index contributed by atoms with van der Waals surface area (Å²) in [6.07, 6.45) is 1.23. The van der Waals surface area contributed by atoms with Gasteiger partial charge in [0.15, 0.2) is 5.17 Å². The molecule has 1 aliphatic rings. The largest absolute Gasteiger partial charge is 0.362 e. The standard InChI is InChI=1S/C10H13BrN2S2/c1-7-2-4-15-10(13-7)12-6-9-8(11)3-5-14-9/h3,5,7H,2,4,6H2,1H3,(H,12,13). The van der Waals surface area contributed by atoms with Gasteiger partial charge in [-0.25, -0.2) is 0 Å². The van der Waals surface area contributed by atoms with Crippen molar-refractivity contribution in [1.29, 1.82) is 0 Å². The van der Waals surface area contributed by atoms with E-state index in [0.717, 1.165) is 11.7 Å². The number of hydrogen-bond acceptors (Lipinski definition) is 3. The normalized spacial score (nSPS) is 24.1. The van der Waals surface area contributed by atoms with E-state index < -0.39 is 0 Å². The molecule has 5 heteroatoms. The summed E-state index contributed by atoms with van der Waals surface area (Å²) in [4.78, 5) is 5.88. The first-order chi connectivity index (χ1) is 7.25. The smallest absolute Gasteiger partial charge is 0.157 e. The summed E-state index contributed by atoms with van der Waals surface area (Å²) in [5.74, 6) is 1.18. The Morgan fingerprint density at radius 1 is 1.67 bits per heavy atom.